The number of aromatic nitrogens is 1. The van der Waals surface area contributed by atoms with Crippen molar-refractivity contribution in [3.63, 3.8) is 0 Å². The fourth-order valence-corrected chi connectivity index (χ4v) is 3.46. The summed E-state index contributed by atoms with van der Waals surface area (Å²) >= 11 is 0. The van der Waals surface area contributed by atoms with Gasteiger partial charge in [0.15, 0.2) is 0 Å². The van der Waals surface area contributed by atoms with Crippen molar-refractivity contribution in [1.82, 2.24) is 4.98 Å². The molecule has 0 amide bonds. The summed E-state index contributed by atoms with van der Waals surface area (Å²) in [4.78, 5) is 4.72. The highest BCUT2D eigenvalue weighted by Gasteiger charge is 2.06. The van der Waals surface area contributed by atoms with Crippen molar-refractivity contribution in [2.45, 2.75) is 0 Å². The second kappa shape index (κ2) is 6.31. The lowest BCUT2D eigenvalue weighted by atomic mass is 10.1. The van der Waals surface area contributed by atoms with Crippen LogP contribution in [0.2, 0.25) is 0 Å². The van der Waals surface area contributed by atoms with Gasteiger partial charge in [-0.1, -0.05) is 24.3 Å². The smallest absolute Gasteiger partial charge is 0.229 e. The average Bonchev–Trinajstić information content (AvgIpc) is 2.61. The van der Waals surface area contributed by atoms with Gasteiger partial charge in [-0.15, -0.1) is 0 Å². The van der Waals surface area contributed by atoms with E-state index in [1.165, 1.54) is 0 Å². The molecule has 0 aliphatic heterocycles. The molecule has 0 bridgehead atoms. The highest BCUT2D eigenvalue weighted by molar-refractivity contribution is 7.92. The van der Waals surface area contributed by atoms with Crippen LogP contribution in [0.15, 0.2) is 72.8 Å². The summed E-state index contributed by atoms with van der Waals surface area (Å²) in [7, 11) is -3.28. The Morgan fingerprint density at radius 1 is 0.808 bits per heavy atom. The fourth-order valence-electron chi connectivity index (χ4n) is 2.90. The largest absolute Gasteiger partial charge is 0.355 e. The van der Waals surface area contributed by atoms with Gasteiger partial charge in [0, 0.05) is 27.8 Å². The van der Waals surface area contributed by atoms with Crippen molar-refractivity contribution in [3.8, 4) is 0 Å². The molecule has 0 saturated carbocycles. The zero-order valence-electron chi connectivity index (χ0n) is 14.1. The van der Waals surface area contributed by atoms with Crippen molar-refractivity contribution in [1.29, 1.82) is 0 Å². The Balaban J connectivity index is 1.69. The number of pyridine rings is 1. The van der Waals surface area contributed by atoms with Gasteiger partial charge in [0.05, 0.1) is 17.3 Å². The molecular weight excluding hydrogens is 346 g/mol. The maximum absolute atomic E-state index is 11.3. The van der Waals surface area contributed by atoms with Gasteiger partial charge in [-0.2, -0.15) is 0 Å². The minimum Gasteiger partial charge on any atom is -0.355 e. The summed E-state index contributed by atoms with van der Waals surface area (Å²) in [5, 5.41) is 5.50. The minimum atomic E-state index is -3.28. The van der Waals surface area contributed by atoms with Gasteiger partial charge in [0.1, 0.15) is 0 Å². The first-order valence-corrected chi connectivity index (χ1v) is 10.0. The Morgan fingerprint density at radius 2 is 1.50 bits per heavy atom. The number of sulfonamides is 1. The molecule has 26 heavy (non-hydrogen) atoms. The number of rotatable bonds is 4. The van der Waals surface area contributed by atoms with Crippen molar-refractivity contribution < 1.29 is 8.42 Å². The Morgan fingerprint density at radius 3 is 2.27 bits per heavy atom. The van der Waals surface area contributed by atoms with Crippen molar-refractivity contribution >= 4 is 48.9 Å². The summed E-state index contributed by atoms with van der Waals surface area (Å²) in [6, 6.07) is 23.2. The normalized spacial score (nSPS) is 11.6. The number of hydrogen-bond donors (Lipinski definition) is 2. The second-order valence-electron chi connectivity index (χ2n) is 6.13. The molecule has 5 nitrogen and oxygen atoms in total. The molecule has 4 rings (SSSR count). The molecule has 0 fully saturated rings. The molecule has 0 aliphatic rings. The van der Waals surface area contributed by atoms with E-state index in [0.29, 0.717) is 5.69 Å². The number of nitrogens with one attached hydrogen (secondary N) is 2. The van der Waals surface area contributed by atoms with E-state index in [0.717, 1.165) is 39.4 Å². The molecule has 4 aromatic rings. The van der Waals surface area contributed by atoms with Crippen LogP contribution < -0.4 is 10.0 Å². The highest BCUT2D eigenvalue weighted by Crippen LogP contribution is 2.28. The van der Waals surface area contributed by atoms with Crippen LogP contribution >= 0.6 is 0 Å². The molecule has 1 aromatic heterocycles. The first-order valence-electron chi connectivity index (χ1n) is 8.11. The SMILES string of the molecule is CS(=O)(=O)Nc1ccc(Nc2cccc3nc4ccccc4cc23)cc1. The fraction of sp³-hybridized carbons (Fsp3) is 0.0500. The Hall–Kier alpha value is -3.12. The topological polar surface area (TPSA) is 71.1 Å². The second-order valence-corrected chi connectivity index (χ2v) is 7.88. The Labute approximate surface area is 151 Å². The zero-order chi connectivity index (χ0) is 18.1. The van der Waals surface area contributed by atoms with Crippen LogP contribution in [-0.4, -0.2) is 19.7 Å². The number of fused-ring (bicyclic) bond motifs is 2. The first-order chi connectivity index (χ1) is 12.5. The van der Waals surface area contributed by atoms with E-state index < -0.39 is 10.0 Å². The van der Waals surface area contributed by atoms with Crippen LogP contribution in [0.4, 0.5) is 17.1 Å². The van der Waals surface area contributed by atoms with Crippen LogP contribution in [0, 0.1) is 0 Å². The lowest BCUT2D eigenvalue weighted by Crippen LogP contribution is -2.09. The summed E-state index contributed by atoms with van der Waals surface area (Å²) < 4.78 is 25.0. The number of anilines is 3. The summed E-state index contributed by atoms with van der Waals surface area (Å²) in [6.07, 6.45) is 1.13. The molecule has 6 heteroatoms. The van der Waals surface area contributed by atoms with Gasteiger partial charge in [0.25, 0.3) is 0 Å². The van der Waals surface area contributed by atoms with Gasteiger partial charge in [-0.3, -0.25) is 4.72 Å². The maximum atomic E-state index is 11.3. The van der Waals surface area contributed by atoms with Crippen molar-refractivity contribution in [2.24, 2.45) is 0 Å². The predicted molar refractivity (Wildman–Crippen MR) is 107 cm³/mol. The molecular formula is C20H17N3O2S. The van der Waals surface area contributed by atoms with Crippen molar-refractivity contribution in [2.75, 3.05) is 16.3 Å². The van der Waals surface area contributed by atoms with E-state index in [-0.39, 0.29) is 0 Å². The summed E-state index contributed by atoms with van der Waals surface area (Å²) in [5.41, 5.74) is 4.23. The first kappa shape index (κ1) is 16.4. The third-order valence-electron chi connectivity index (χ3n) is 4.03. The maximum Gasteiger partial charge on any atom is 0.229 e. The standard InChI is InChI=1S/C20H17N3O2S/c1-26(24,25)23-16-11-9-15(10-12-16)21-19-7-4-8-20-17(19)13-14-5-2-3-6-18(14)22-20/h2-13,21,23H,1H3. The Bertz CT molecular complexity index is 1200. The molecule has 0 atom stereocenters. The van der Waals surface area contributed by atoms with Gasteiger partial charge in [-0.05, 0) is 48.5 Å². The quantitative estimate of drug-likeness (QED) is 0.524. The van der Waals surface area contributed by atoms with E-state index >= 15 is 0 Å². The molecule has 0 aliphatic carbocycles. The number of benzene rings is 3. The number of nitrogens with zero attached hydrogens (tertiary/aromatic N) is 1. The van der Waals surface area contributed by atoms with Crippen LogP contribution in [0.3, 0.4) is 0 Å². The third kappa shape index (κ3) is 3.45. The lowest BCUT2D eigenvalue weighted by Gasteiger charge is -2.11. The van der Waals surface area contributed by atoms with Gasteiger partial charge in [0.2, 0.25) is 10.0 Å². The molecule has 130 valence electrons. The molecule has 0 radical (unpaired) electrons. The molecule has 0 spiro atoms. The summed E-state index contributed by atoms with van der Waals surface area (Å²) in [5.74, 6) is 0. The van der Waals surface area contributed by atoms with Gasteiger partial charge in [-0.25, -0.2) is 13.4 Å². The number of para-hydroxylation sites is 1. The van der Waals surface area contributed by atoms with E-state index in [1.54, 1.807) is 12.1 Å². The van der Waals surface area contributed by atoms with Gasteiger partial charge >= 0.3 is 0 Å². The molecule has 1 heterocycles. The molecule has 2 N–H and O–H groups in total. The van der Waals surface area contributed by atoms with E-state index in [9.17, 15) is 8.42 Å². The van der Waals surface area contributed by atoms with E-state index in [1.807, 2.05) is 54.6 Å². The number of hydrogen-bond acceptors (Lipinski definition) is 4. The average molecular weight is 363 g/mol. The lowest BCUT2D eigenvalue weighted by molar-refractivity contribution is 0.607. The van der Waals surface area contributed by atoms with Crippen LogP contribution in [0.1, 0.15) is 0 Å². The summed E-state index contributed by atoms with van der Waals surface area (Å²) in [6.45, 7) is 0. The van der Waals surface area contributed by atoms with Crippen LogP contribution in [0.25, 0.3) is 21.8 Å². The van der Waals surface area contributed by atoms with Gasteiger partial charge < -0.3 is 5.32 Å². The Kier molecular flexibility index (Phi) is 3.97. The van der Waals surface area contributed by atoms with Crippen LogP contribution in [0.5, 0.6) is 0 Å². The molecule has 0 saturated heterocycles. The van der Waals surface area contributed by atoms with E-state index in [2.05, 4.69) is 16.1 Å². The van der Waals surface area contributed by atoms with E-state index in [4.69, 9.17) is 4.98 Å². The highest BCUT2D eigenvalue weighted by atomic mass is 32.2. The zero-order valence-corrected chi connectivity index (χ0v) is 14.9. The molecule has 0 unspecified atom stereocenters. The third-order valence-corrected chi connectivity index (χ3v) is 4.63. The van der Waals surface area contributed by atoms with Crippen molar-refractivity contribution in [3.05, 3.63) is 72.8 Å². The predicted octanol–water partition coefficient (Wildman–Crippen LogP) is 4.50. The van der Waals surface area contributed by atoms with Crippen LogP contribution in [-0.2, 0) is 10.0 Å². The minimum absolute atomic E-state index is 0.531. The molecule has 3 aromatic carbocycles. The monoisotopic (exact) mass is 363 g/mol.